The molecule has 51 heavy (non-hydrogen) atoms. The Balaban J connectivity index is 2.04. The molecule has 278 valence electrons. The zero-order valence-corrected chi connectivity index (χ0v) is 31.8. The summed E-state index contributed by atoms with van der Waals surface area (Å²) in [6, 6.07) is 15.8. The molecule has 3 amide bonds. The number of carboxylic acid groups (broad SMARTS) is 1. The summed E-state index contributed by atoms with van der Waals surface area (Å²) in [5, 5.41) is 13.6. The standard InChI is InChI=1S/C35H43Cl3N4O8S/c1-5-49-32(50-6-2)22-41(23(3)4)34(44)29(18-24-12-14-26(36)15-13-24)40-33(43)30(42(35(45)46)21-25-10-8-7-9-11-25)20-39-51(47,48)31-17-16-27(37)19-28(31)38/h7-17,19,23,29-30,32,39H,5-6,18,20-22H2,1-4H3,(H,40,43)(H,45,46). The number of benzene rings is 3. The van der Waals surface area contributed by atoms with Crippen LogP contribution in [0.1, 0.15) is 38.8 Å². The molecule has 3 aromatic rings. The molecule has 0 saturated carbocycles. The lowest BCUT2D eigenvalue weighted by Gasteiger charge is -2.35. The zero-order chi connectivity index (χ0) is 37.7. The maximum Gasteiger partial charge on any atom is 0.408 e. The molecule has 3 aromatic carbocycles. The SMILES string of the molecule is CCOC(CN(C(=O)C(Cc1ccc(Cl)cc1)NC(=O)C(CNS(=O)(=O)c1ccc(Cl)cc1Cl)N(Cc1ccccc1)C(=O)O)C(C)C)OCC. The van der Waals surface area contributed by atoms with Crippen LogP contribution in [0.25, 0.3) is 0 Å². The molecule has 0 radical (unpaired) electrons. The lowest BCUT2D eigenvalue weighted by atomic mass is 10.0. The summed E-state index contributed by atoms with van der Waals surface area (Å²) in [6.45, 7) is 6.97. The van der Waals surface area contributed by atoms with E-state index in [2.05, 4.69) is 10.0 Å². The van der Waals surface area contributed by atoms with Crippen LogP contribution in [0.5, 0.6) is 0 Å². The fourth-order valence-corrected chi connectivity index (χ4v) is 7.10. The van der Waals surface area contributed by atoms with Gasteiger partial charge in [0.25, 0.3) is 0 Å². The van der Waals surface area contributed by atoms with Crippen molar-refractivity contribution >= 4 is 62.7 Å². The first-order valence-electron chi connectivity index (χ1n) is 16.2. The molecule has 3 rings (SSSR count). The van der Waals surface area contributed by atoms with Crippen LogP contribution in [-0.4, -0.2) is 92.0 Å². The van der Waals surface area contributed by atoms with E-state index in [0.717, 1.165) is 4.90 Å². The van der Waals surface area contributed by atoms with E-state index < -0.39 is 52.8 Å². The van der Waals surface area contributed by atoms with Gasteiger partial charge in [0, 0.05) is 48.8 Å². The number of nitrogens with one attached hydrogen (secondary N) is 2. The summed E-state index contributed by atoms with van der Waals surface area (Å²) in [7, 11) is -4.37. The van der Waals surface area contributed by atoms with Gasteiger partial charge in [-0.2, -0.15) is 0 Å². The van der Waals surface area contributed by atoms with Gasteiger partial charge in [-0.1, -0.05) is 77.3 Å². The molecule has 0 saturated heterocycles. The molecular weight excluding hydrogens is 743 g/mol. The summed E-state index contributed by atoms with van der Waals surface area (Å²) in [6.07, 6.45) is -2.24. The highest BCUT2D eigenvalue weighted by Gasteiger charge is 2.36. The molecule has 0 aliphatic rings. The fourth-order valence-electron chi connectivity index (χ4n) is 5.16. The van der Waals surface area contributed by atoms with Crippen molar-refractivity contribution in [2.24, 2.45) is 0 Å². The van der Waals surface area contributed by atoms with Crippen molar-refractivity contribution in [2.45, 2.75) is 70.0 Å². The predicted octanol–water partition coefficient (Wildman–Crippen LogP) is 5.84. The Morgan fingerprint density at radius 3 is 2.00 bits per heavy atom. The van der Waals surface area contributed by atoms with E-state index >= 15 is 0 Å². The van der Waals surface area contributed by atoms with E-state index in [1.54, 1.807) is 82.3 Å². The summed E-state index contributed by atoms with van der Waals surface area (Å²) in [5.74, 6) is -1.41. The molecule has 12 nitrogen and oxygen atoms in total. The average molecular weight is 786 g/mol. The third-order valence-corrected chi connectivity index (χ3v) is 10.1. The molecule has 3 N–H and O–H groups in total. The lowest BCUT2D eigenvalue weighted by molar-refractivity contribution is -0.163. The lowest BCUT2D eigenvalue weighted by Crippen LogP contribution is -2.59. The molecule has 0 heterocycles. The van der Waals surface area contributed by atoms with Gasteiger partial charge in [0.1, 0.15) is 17.0 Å². The normalized spacial score (nSPS) is 12.8. The van der Waals surface area contributed by atoms with Crippen molar-refractivity contribution in [2.75, 3.05) is 26.3 Å². The summed E-state index contributed by atoms with van der Waals surface area (Å²) >= 11 is 18.2. The number of hydrogen-bond acceptors (Lipinski definition) is 7. The van der Waals surface area contributed by atoms with Crippen LogP contribution in [0, 0.1) is 0 Å². The third kappa shape index (κ3) is 12.6. The van der Waals surface area contributed by atoms with Gasteiger partial charge >= 0.3 is 6.09 Å². The second-order valence-corrected chi connectivity index (χ2v) is 14.7. The summed E-state index contributed by atoms with van der Waals surface area (Å²) < 4.78 is 40.5. The minimum atomic E-state index is -4.37. The van der Waals surface area contributed by atoms with Crippen LogP contribution in [0.15, 0.2) is 77.7 Å². The van der Waals surface area contributed by atoms with Crippen molar-refractivity contribution in [3.8, 4) is 0 Å². The van der Waals surface area contributed by atoms with Crippen molar-refractivity contribution < 1.29 is 37.4 Å². The number of hydrogen-bond donors (Lipinski definition) is 3. The van der Waals surface area contributed by atoms with Crippen LogP contribution >= 0.6 is 34.8 Å². The van der Waals surface area contributed by atoms with Crippen LogP contribution in [-0.2, 0) is 42.1 Å². The second-order valence-electron chi connectivity index (χ2n) is 11.7. The van der Waals surface area contributed by atoms with Gasteiger partial charge in [-0.15, -0.1) is 0 Å². The first kappa shape index (κ1) is 42.0. The molecule has 0 bridgehead atoms. The van der Waals surface area contributed by atoms with E-state index in [0.29, 0.717) is 29.4 Å². The molecule has 2 unspecified atom stereocenters. The molecule has 0 aliphatic heterocycles. The van der Waals surface area contributed by atoms with Gasteiger partial charge < -0.3 is 24.8 Å². The van der Waals surface area contributed by atoms with E-state index in [1.165, 1.54) is 23.1 Å². The number of ether oxygens (including phenoxy) is 2. The van der Waals surface area contributed by atoms with Crippen molar-refractivity contribution in [1.82, 2.24) is 19.8 Å². The fraction of sp³-hybridized carbons (Fsp3) is 0.400. The smallest absolute Gasteiger partial charge is 0.408 e. The number of sulfonamides is 1. The minimum Gasteiger partial charge on any atom is -0.465 e. The highest BCUT2D eigenvalue weighted by Crippen LogP contribution is 2.25. The predicted molar refractivity (Wildman–Crippen MR) is 196 cm³/mol. The minimum absolute atomic E-state index is 0.00346. The van der Waals surface area contributed by atoms with Crippen molar-refractivity contribution in [1.29, 1.82) is 0 Å². The second kappa shape index (κ2) is 20.0. The van der Waals surface area contributed by atoms with Crippen molar-refractivity contribution in [3.05, 3.63) is 99.0 Å². The van der Waals surface area contributed by atoms with E-state index in [1.807, 2.05) is 0 Å². The number of nitrogens with zero attached hydrogens (tertiary/aromatic N) is 2. The van der Waals surface area contributed by atoms with Crippen LogP contribution < -0.4 is 10.0 Å². The maximum absolute atomic E-state index is 14.3. The van der Waals surface area contributed by atoms with Crippen LogP contribution in [0.3, 0.4) is 0 Å². The quantitative estimate of drug-likeness (QED) is 0.128. The molecule has 0 fully saturated rings. The number of halogens is 3. The molecule has 2 atom stereocenters. The van der Waals surface area contributed by atoms with Gasteiger partial charge in [0.15, 0.2) is 6.29 Å². The van der Waals surface area contributed by atoms with E-state index in [9.17, 15) is 27.9 Å². The monoisotopic (exact) mass is 784 g/mol. The van der Waals surface area contributed by atoms with Crippen molar-refractivity contribution in [3.63, 3.8) is 0 Å². The Bertz CT molecular complexity index is 1710. The van der Waals surface area contributed by atoms with Gasteiger partial charge in [0.2, 0.25) is 21.8 Å². The Hall–Kier alpha value is -3.43. The highest BCUT2D eigenvalue weighted by molar-refractivity contribution is 7.89. The first-order valence-corrected chi connectivity index (χ1v) is 18.8. The first-order chi connectivity index (χ1) is 24.2. The number of carbonyl (C=O) groups is 3. The van der Waals surface area contributed by atoms with Gasteiger partial charge in [-0.3, -0.25) is 14.5 Å². The molecule has 0 aromatic heterocycles. The molecule has 0 aliphatic carbocycles. The van der Waals surface area contributed by atoms with Crippen LogP contribution in [0.2, 0.25) is 15.1 Å². The third-order valence-electron chi connectivity index (χ3n) is 7.70. The molecular formula is C35H43Cl3N4O8S. The maximum atomic E-state index is 14.3. The Morgan fingerprint density at radius 1 is 0.843 bits per heavy atom. The van der Waals surface area contributed by atoms with E-state index in [4.69, 9.17) is 44.3 Å². The summed E-state index contributed by atoms with van der Waals surface area (Å²) in [5.41, 5.74) is 1.20. The number of carbonyl (C=O) groups excluding carboxylic acids is 2. The Kier molecular flexibility index (Phi) is 16.4. The Morgan fingerprint density at radius 2 is 1.45 bits per heavy atom. The summed E-state index contributed by atoms with van der Waals surface area (Å²) in [4.78, 5) is 43.3. The number of rotatable bonds is 19. The Labute approximate surface area is 314 Å². The average Bonchev–Trinajstić information content (AvgIpc) is 3.07. The van der Waals surface area contributed by atoms with Gasteiger partial charge in [-0.05, 0) is 69.2 Å². The molecule has 0 spiro atoms. The topological polar surface area (TPSA) is 155 Å². The van der Waals surface area contributed by atoms with Gasteiger partial charge in [0.05, 0.1) is 11.6 Å². The zero-order valence-electron chi connectivity index (χ0n) is 28.7. The molecule has 16 heteroatoms. The highest BCUT2D eigenvalue weighted by atomic mass is 35.5. The van der Waals surface area contributed by atoms with Gasteiger partial charge in [-0.25, -0.2) is 17.9 Å². The largest absolute Gasteiger partial charge is 0.465 e. The van der Waals surface area contributed by atoms with E-state index in [-0.39, 0.29) is 40.5 Å². The van der Waals surface area contributed by atoms with Crippen LogP contribution in [0.4, 0.5) is 4.79 Å². The number of amides is 3.